The molecular formula is C21H19N3O3S. The fraction of sp³-hybridized carbons (Fsp3) is 0.0952. The van der Waals surface area contributed by atoms with E-state index in [1.807, 2.05) is 24.7 Å². The third-order valence-electron chi connectivity index (χ3n) is 4.61. The lowest BCUT2D eigenvalue weighted by atomic mass is 10.1. The third-order valence-corrected chi connectivity index (χ3v) is 6.40. The summed E-state index contributed by atoms with van der Waals surface area (Å²) in [6, 6.07) is 14.7. The van der Waals surface area contributed by atoms with Crippen LogP contribution in [0, 0.1) is 0 Å². The number of fused-ring (bicyclic) bond motifs is 1. The lowest BCUT2D eigenvalue weighted by molar-refractivity contribution is 0.219. The van der Waals surface area contributed by atoms with E-state index in [0.717, 1.165) is 16.7 Å². The lowest BCUT2D eigenvalue weighted by Gasteiger charge is -2.15. The summed E-state index contributed by atoms with van der Waals surface area (Å²) >= 11 is 0. The van der Waals surface area contributed by atoms with Crippen molar-refractivity contribution in [1.82, 2.24) is 15.5 Å². The van der Waals surface area contributed by atoms with Gasteiger partial charge in [0, 0.05) is 25.1 Å². The van der Waals surface area contributed by atoms with Crippen LogP contribution in [-0.2, 0) is 16.4 Å². The van der Waals surface area contributed by atoms with Crippen molar-refractivity contribution >= 4 is 15.9 Å². The second-order valence-corrected chi connectivity index (χ2v) is 8.45. The number of sulfone groups is 1. The number of carbonyl (C=O) groups is 1. The largest absolute Gasteiger partial charge is 0.367 e. The smallest absolute Gasteiger partial charge is 0.322 e. The molecule has 6 nitrogen and oxygen atoms in total. The first-order valence-corrected chi connectivity index (χ1v) is 10.3. The van der Waals surface area contributed by atoms with E-state index in [2.05, 4.69) is 10.6 Å². The monoisotopic (exact) mass is 393 g/mol. The highest BCUT2D eigenvalue weighted by atomic mass is 32.2. The van der Waals surface area contributed by atoms with E-state index in [1.165, 1.54) is 0 Å². The second kappa shape index (κ2) is 7.36. The van der Waals surface area contributed by atoms with Crippen molar-refractivity contribution in [3.05, 3.63) is 96.0 Å². The van der Waals surface area contributed by atoms with E-state index in [0.29, 0.717) is 13.1 Å². The summed E-state index contributed by atoms with van der Waals surface area (Å²) in [6.45, 7) is 0.837. The number of carbonyl (C=O) groups excluding carboxylic acids is 1. The number of benzene rings is 2. The molecule has 2 N–H and O–H groups in total. The number of rotatable bonds is 4. The van der Waals surface area contributed by atoms with Gasteiger partial charge in [-0.1, -0.05) is 30.3 Å². The number of hydrogen-bond acceptors (Lipinski definition) is 4. The first-order valence-electron chi connectivity index (χ1n) is 8.81. The number of amides is 2. The van der Waals surface area contributed by atoms with Gasteiger partial charge < -0.3 is 10.6 Å². The molecule has 7 heteroatoms. The molecule has 2 heterocycles. The molecule has 0 radical (unpaired) electrons. The van der Waals surface area contributed by atoms with E-state index in [-0.39, 0.29) is 15.8 Å². The minimum atomic E-state index is -3.53. The van der Waals surface area contributed by atoms with Crippen LogP contribution < -0.4 is 10.6 Å². The van der Waals surface area contributed by atoms with Crippen molar-refractivity contribution in [2.24, 2.45) is 0 Å². The maximum absolute atomic E-state index is 12.6. The summed E-state index contributed by atoms with van der Waals surface area (Å²) in [4.78, 5) is 14.5. The van der Waals surface area contributed by atoms with E-state index in [4.69, 9.17) is 0 Å². The van der Waals surface area contributed by atoms with Crippen LogP contribution in [-0.4, -0.2) is 25.9 Å². The molecule has 0 saturated heterocycles. The van der Waals surface area contributed by atoms with Crippen molar-refractivity contribution in [2.45, 2.75) is 16.3 Å². The second-order valence-electron chi connectivity index (χ2n) is 6.50. The fourth-order valence-electron chi connectivity index (χ4n) is 3.07. The van der Waals surface area contributed by atoms with Crippen LogP contribution in [0.2, 0.25) is 0 Å². The maximum atomic E-state index is 12.6. The average molecular weight is 393 g/mol. The molecule has 2 amide bonds. The molecule has 0 spiro atoms. The van der Waals surface area contributed by atoms with Crippen molar-refractivity contribution < 1.29 is 13.2 Å². The predicted molar refractivity (Wildman–Crippen MR) is 106 cm³/mol. The summed E-state index contributed by atoms with van der Waals surface area (Å²) in [5.74, 6) is 0. The highest BCUT2D eigenvalue weighted by Crippen LogP contribution is 2.23. The summed E-state index contributed by atoms with van der Waals surface area (Å²) in [6.07, 6.45) is 7.44. The van der Waals surface area contributed by atoms with Crippen molar-refractivity contribution in [3.8, 4) is 0 Å². The van der Waals surface area contributed by atoms with E-state index in [1.54, 1.807) is 59.5 Å². The summed E-state index contributed by atoms with van der Waals surface area (Å²) < 4.78 is 25.2. The maximum Gasteiger partial charge on any atom is 0.322 e. The normalized spacial score (nSPS) is 15.4. The number of dihydropyridines is 1. The average Bonchev–Trinajstić information content (AvgIpc) is 3.17. The van der Waals surface area contributed by atoms with Crippen molar-refractivity contribution in [2.75, 3.05) is 6.54 Å². The Balaban J connectivity index is 1.40. The van der Waals surface area contributed by atoms with Gasteiger partial charge in [0.05, 0.1) is 16.3 Å². The zero-order chi connectivity index (χ0) is 19.6. The quantitative estimate of drug-likeness (QED) is 0.837. The molecule has 0 saturated carbocycles. The standard InChI is InChI=1S/C21H19N3O3S/c25-21(24-14-17-10-11-22-13-18(17)15-24)23-12-16-6-8-20(9-7-16)28(26,27)19-4-2-1-3-5-19/h1-11,13-14,22H,12,15H2,(H,23,25). The summed E-state index contributed by atoms with van der Waals surface area (Å²) in [5, 5.41) is 5.87. The van der Waals surface area contributed by atoms with Crippen LogP contribution in [0.3, 0.4) is 0 Å². The molecule has 2 aromatic carbocycles. The third kappa shape index (κ3) is 3.57. The number of hydrogen-bond donors (Lipinski definition) is 2. The van der Waals surface area contributed by atoms with Gasteiger partial charge >= 0.3 is 6.03 Å². The lowest BCUT2D eigenvalue weighted by Crippen LogP contribution is -2.35. The molecule has 142 valence electrons. The first kappa shape index (κ1) is 18.1. The van der Waals surface area contributed by atoms with Crippen LogP contribution in [0.15, 0.2) is 100 Å². The number of nitrogens with one attached hydrogen (secondary N) is 2. The predicted octanol–water partition coefficient (Wildman–Crippen LogP) is 2.93. The Morgan fingerprint density at radius 2 is 1.75 bits per heavy atom. The zero-order valence-corrected chi connectivity index (χ0v) is 15.8. The van der Waals surface area contributed by atoms with Gasteiger partial charge in [-0.2, -0.15) is 0 Å². The Morgan fingerprint density at radius 1 is 1.04 bits per heavy atom. The molecular weight excluding hydrogens is 374 g/mol. The molecule has 0 fully saturated rings. The minimum Gasteiger partial charge on any atom is -0.367 e. The zero-order valence-electron chi connectivity index (χ0n) is 15.0. The highest BCUT2D eigenvalue weighted by molar-refractivity contribution is 7.91. The van der Waals surface area contributed by atoms with Gasteiger partial charge in [-0.05, 0) is 47.1 Å². The molecule has 0 unspecified atom stereocenters. The minimum absolute atomic E-state index is 0.197. The number of allylic oxidation sites excluding steroid dienone is 1. The molecule has 0 aliphatic carbocycles. The summed E-state index contributed by atoms with van der Waals surface area (Å²) in [5.41, 5.74) is 2.91. The van der Waals surface area contributed by atoms with Crippen LogP contribution in [0.5, 0.6) is 0 Å². The van der Waals surface area contributed by atoms with Gasteiger partial charge in [0.15, 0.2) is 0 Å². The SMILES string of the molecule is O=C(NCc1ccc(S(=O)(=O)c2ccccc2)cc1)N1C=C2C=CNC=C2C1. The van der Waals surface area contributed by atoms with Crippen LogP contribution in [0.4, 0.5) is 4.79 Å². The molecule has 0 atom stereocenters. The van der Waals surface area contributed by atoms with E-state index < -0.39 is 9.84 Å². The molecule has 0 bridgehead atoms. The van der Waals surface area contributed by atoms with Gasteiger partial charge in [0.2, 0.25) is 9.84 Å². The van der Waals surface area contributed by atoms with E-state index in [9.17, 15) is 13.2 Å². The van der Waals surface area contributed by atoms with E-state index >= 15 is 0 Å². The fourth-order valence-corrected chi connectivity index (χ4v) is 4.35. The highest BCUT2D eigenvalue weighted by Gasteiger charge is 2.22. The Kier molecular flexibility index (Phi) is 4.75. The molecule has 2 aromatic rings. The van der Waals surface area contributed by atoms with Crippen molar-refractivity contribution in [1.29, 1.82) is 0 Å². The molecule has 28 heavy (non-hydrogen) atoms. The number of urea groups is 1. The number of nitrogens with zero attached hydrogens (tertiary/aromatic N) is 1. The van der Waals surface area contributed by atoms with Crippen LogP contribution in [0.1, 0.15) is 5.56 Å². The van der Waals surface area contributed by atoms with Crippen molar-refractivity contribution in [3.63, 3.8) is 0 Å². The van der Waals surface area contributed by atoms with Gasteiger partial charge in [0.1, 0.15) is 0 Å². The Hall–Kier alpha value is -3.32. The Labute approximate surface area is 163 Å². The summed E-state index contributed by atoms with van der Waals surface area (Å²) in [7, 11) is -3.53. The Morgan fingerprint density at radius 3 is 2.46 bits per heavy atom. The van der Waals surface area contributed by atoms with Gasteiger partial charge in [-0.3, -0.25) is 4.90 Å². The molecule has 0 aromatic heterocycles. The molecule has 2 aliphatic heterocycles. The molecule has 4 rings (SSSR count). The first-order chi connectivity index (χ1) is 13.5. The topological polar surface area (TPSA) is 78.5 Å². The van der Waals surface area contributed by atoms with Gasteiger partial charge in [-0.25, -0.2) is 13.2 Å². The van der Waals surface area contributed by atoms with Gasteiger partial charge in [-0.15, -0.1) is 0 Å². The van der Waals surface area contributed by atoms with Gasteiger partial charge in [0.25, 0.3) is 0 Å². The molecule has 2 aliphatic rings. The van der Waals surface area contributed by atoms with Crippen LogP contribution in [0.25, 0.3) is 0 Å². The van der Waals surface area contributed by atoms with Crippen LogP contribution >= 0.6 is 0 Å². The Bertz CT molecular complexity index is 1090.